The van der Waals surface area contributed by atoms with Crippen molar-refractivity contribution in [3.63, 3.8) is 0 Å². The van der Waals surface area contributed by atoms with Crippen molar-refractivity contribution in [3.8, 4) is 101 Å². The van der Waals surface area contributed by atoms with E-state index in [1.165, 1.54) is 16.4 Å². The van der Waals surface area contributed by atoms with Crippen LogP contribution in [0.15, 0.2) is 346 Å². The second kappa shape index (κ2) is 23.3. The van der Waals surface area contributed by atoms with E-state index >= 15 is 0 Å². The summed E-state index contributed by atoms with van der Waals surface area (Å²) in [6, 6.07) is 127. The van der Waals surface area contributed by atoms with E-state index in [0.717, 1.165) is 145 Å². The predicted molar refractivity (Wildman–Crippen MR) is 399 cm³/mol. The summed E-state index contributed by atoms with van der Waals surface area (Å²) in [5, 5.41) is 12.8. The molecule has 6 nitrogen and oxygen atoms in total. The van der Waals surface area contributed by atoms with Crippen LogP contribution in [0, 0.1) is 11.3 Å². The number of nitriles is 1. The van der Waals surface area contributed by atoms with Crippen LogP contribution in [0.3, 0.4) is 0 Å². The van der Waals surface area contributed by atoms with E-state index in [0.29, 0.717) is 11.4 Å². The fraction of sp³-hybridized carbons (Fsp3) is 0. The molecular formula is C89H57BN6. The fourth-order valence-electron chi connectivity index (χ4n) is 14.8. The molecule has 4 heterocycles. The van der Waals surface area contributed by atoms with Crippen molar-refractivity contribution in [1.82, 2.24) is 14.5 Å². The number of anilines is 6. The Morgan fingerprint density at radius 2 is 0.688 bits per heavy atom. The van der Waals surface area contributed by atoms with Crippen molar-refractivity contribution >= 4 is 79.0 Å². The SMILES string of the molecule is N#Cc1ccc(-n2c3ccccc3c3cc(-c4cc5c6c(c4)N(c4cc(-c7ccccc7)cc(-c7ccccc7)c4)c4ccccc4B6c4ccccc4N5c4cc(-c5ccccc5)cc(-c5ccccc5)c4)ccc32)c(-c2nc(-c3ccccc3)cc(-c3ccccc3)n2)c1. The highest BCUT2D eigenvalue weighted by Crippen LogP contribution is 2.49. The third kappa shape index (κ3) is 9.66. The standard InChI is InChI=1S/C89H57BN6/c91-58-59-43-45-83(76(47-59)89-92-79(64-33-15-5-16-34-64)57-80(93-89)65-35-17-6-18-36-65)96-81-40-22-19-37-74(81)75-54-66(44-46-82(75)96)71-55-86-88-87(56-71)95(73-52-69(62-29-11-3-12-30-62)49-70(53-73)63-31-13-4-14-32-63)85-42-24-21-39-78(85)90(88)77-38-20-23-41-84(77)94(86)72-50-67(60-25-7-1-8-26-60)48-68(51-72)61-27-9-2-10-28-61/h1-57H. The Kier molecular flexibility index (Phi) is 13.6. The van der Waals surface area contributed by atoms with Crippen LogP contribution in [0.2, 0.25) is 0 Å². The Morgan fingerprint density at radius 3 is 1.16 bits per heavy atom. The molecule has 2 aliphatic heterocycles. The number of rotatable bonds is 11. The van der Waals surface area contributed by atoms with E-state index in [2.05, 4.69) is 318 Å². The second-order valence-electron chi connectivity index (χ2n) is 24.8. The van der Waals surface area contributed by atoms with Gasteiger partial charge in [0.2, 0.25) is 0 Å². The van der Waals surface area contributed by atoms with E-state index in [4.69, 9.17) is 9.97 Å². The Bertz CT molecular complexity index is 5360. The number of nitrogens with zero attached hydrogens (tertiary/aromatic N) is 6. The number of aromatic nitrogens is 3. The van der Waals surface area contributed by atoms with Crippen LogP contribution in [0.25, 0.3) is 117 Å². The number of hydrogen-bond donors (Lipinski definition) is 0. The quantitative estimate of drug-likeness (QED) is 0.121. The summed E-state index contributed by atoms with van der Waals surface area (Å²) in [5.74, 6) is 0.527. The molecule has 0 unspecified atom stereocenters. The van der Waals surface area contributed by atoms with Gasteiger partial charge in [-0.15, -0.1) is 0 Å². The van der Waals surface area contributed by atoms with Gasteiger partial charge in [0.15, 0.2) is 5.82 Å². The van der Waals surface area contributed by atoms with Crippen LogP contribution in [-0.2, 0) is 0 Å². The maximum absolute atomic E-state index is 10.6. The molecule has 0 aliphatic carbocycles. The number of benzene rings is 14. The Balaban J connectivity index is 0.898. The van der Waals surface area contributed by atoms with Crippen LogP contribution in [0.5, 0.6) is 0 Å². The topological polar surface area (TPSA) is 61.0 Å². The van der Waals surface area contributed by atoms with Gasteiger partial charge in [-0.1, -0.05) is 243 Å². The molecule has 7 heteroatoms. The van der Waals surface area contributed by atoms with E-state index in [1.807, 2.05) is 48.5 Å². The van der Waals surface area contributed by atoms with Crippen molar-refractivity contribution < 1.29 is 0 Å². The van der Waals surface area contributed by atoms with Gasteiger partial charge in [-0.05, 0) is 175 Å². The van der Waals surface area contributed by atoms with Gasteiger partial charge < -0.3 is 14.4 Å². The molecular weight excluding hydrogens is 1160 g/mol. The Labute approximate surface area is 557 Å². The van der Waals surface area contributed by atoms with Gasteiger partial charge in [0.05, 0.1) is 39.7 Å². The molecule has 446 valence electrons. The van der Waals surface area contributed by atoms with Crippen molar-refractivity contribution in [2.24, 2.45) is 0 Å². The fourth-order valence-corrected chi connectivity index (χ4v) is 14.8. The van der Waals surface area contributed by atoms with E-state index in [-0.39, 0.29) is 6.71 Å². The Hall–Kier alpha value is -12.9. The van der Waals surface area contributed by atoms with E-state index < -0.39 is 0 Å². The average molecular weight is 1220 g/mol. The van der Waals surface area contributed by atoms with Crippen molar-refractivity contribution in [2.75, 3.05) is 9.80 Å². The molecule has 0 bridgehead atoms. The molecule has 0 saturated heterocycles. The molecule has 0 spiro atoms. The minimum absolute atomic E-state index is 0.107. The van der Waals surface area contributed by atoms with E-state index in [1.54, 1.807) is 0 Å². The Morgan fingerprint density at radius 1 is 0.281 bits per heavy atom. The van der Waals surface area contributed by atoms with Gasteiger partial charge in [0.1, 0.15) is 0 Å². The third-order valence-corrected chi connectivity index (χ3v) is 19.1. The smallest absolute Gasteiger partial charge is 0.252 e. The molecule has 2 aliphatic rings. The van der Waals surface area contributed by atoms with E-state index in [9.17, 15) is 5.26 Å². The first-order valence-electron chi connectivity index (χ1n) is 32.6. The van der Waals surface area contributed by atoms with Gasteiger partial charge in [0.25, 0.3) is 6.71 Å². The molecule has 2 aromatic heterocycles. The summed E-state index contributed by atoms with van der Waals surface area (Å²) in [5.41, 5.74) is 29.3. The van der Waals surface area contributed by atoms with Gasteiger partial charge in [-0.25, -0.2) is 9.97 Å². The first-order chi connectivity index (χ1) is 47.5. The minimum Gasteiger partial charge on any atom is -0.311 e. The van der Waals surface area contributed by atoms with Crippen LogP contribution in [0.4, 0.5) is 34.1 Å². The third-order valence-electron chi connectivity index (χ3n) is 19.1. The zero-order chi connectivity index (χ0) is 63.6. The first-order valence-corrected chi connectivity index (χ1v) is 32.6. The molecule has 0 N–H and O–H groups in total. The summed E-state index contributed by atoms with van der Waals surface area (Å²) >= 11 is 0. The molecule has 0 atom stereocenters. The normalized spacial score (nSPS) is 12.1. The van der Waals surface area contributed by atoms with Crippen LogP contribution >= 0.6 is 0 Å². The number of fused-ring (bicyclic) bond motifs is 7. The van der Waals surface area contributed by atoms with Crippen LogP contribution in [-0.4, -0.2) is 21.2 Å². The largest absolute Gasteiger partial charge is 0.311 e. The maximum atomic E-state index is 10.6. The van der Waals surface area contributed by atoms with Gasteiger partial charge in [0, 0.05) is 61.6 Å². The lowest BCUT2D eigenvalue weighted by Gasteiger charge is -2.44. The van der Waals surface area contributed by atoms with Gasteiger partial charge >= 0.3 is 0 Å². The second-order valence-corrected chi connectivity index (χ2v) is 24.8. The lowest BCUT2D eigenvalue weighted by molar-refractivity contribution is 1.14. The zero-order valence-electron chi connectivity index (χ0n) is 52.2. The average Bonchev–Trinajstić information content (AvgIpc) is 0.830. The highest BCUT2D eigenvalue weighted by atomic mass is 15.2. The lowest BCUT2D eigenvalue weighted by Crippen LogP contribution is -2.61. The van der Waals surface area contributed by atoms with Crippen molar-refractivity contribution in [2.45, 2.75) is 0 Å². The zero-order valence-corrected chi connectivity index (χ0v) is 52.2. The predicted octanol–water partition coefficient (Wildman–Crippen LogP) is 20.9. The molecule has 0 saturated carbocycles. The highest BCUT2D eigenvalue weighted by molar-refractivity contribution is 7.00. The summed E-state index contributed by atoms with van der Waals surface area (Å²) in [4.78, 5) is 15.8. The molecule has 96 heavy (non-hydrogen) atoms. The molecule has 14 aromatic carbocycles. The van der Waals surface area contributed by atoms with Crippen LogP contribution in [0.1, 0.15) is 5.56 Å². The monoisotopic (exact) mass is 1220 g/mol. The maximum Gasteiger partial charge on any atom is 0.252 e. The summed E-state index contributed by atoms with van der Waals surface area (Å²) in [6.45, 7) is -0.107. The summed E-state index contributed by atoms with van der Waals surface area (Å²) in [7, 11) is 0. The highest BCUT2D eigenvalue weighted by Gasteiger charge is 2.44. The molecule has 0 amide bonds. The van der Waals surface area contributed by atoms with Crippen LogP contribution < -0.4 is 26.2 Å². The summed E-state index contributed by atoms with van der Waals surface area (Å²) < 4.78 is 2.33. The number of hydrogen-bond acceptors (Lipinski definition) is 5. The van der Waals surface area contributed by atoms with Gasteiger partial charge in [-0.3, -0.25) is 0 Å². The molecule has 0 radical (unpaired) electrons. The molecule has 0 fully saturated rings. The van der Waals surface area contributed by atoms with Gasteiger partial charge in [-0.2, -0.15) is 5.26 Å². The minimum atomic E-state index is -0.107. The molecule has 18 rings (SSSR count). The van der Waals surface area contributed by atoms with Crippen molar-refractivity contribution in [1.29, 1.82) is 5.26 Å². The lowest BCUT2D eigenvalue weighted by atomic mass is 9.33. The molecule has 16 aromatic rings. The summed E-state index contributed by atoms with van der Waals surface area (Å²) in [6.07, 6.45) is 0. The first kappa shape index (κ1) is 55.9. The number of para-hydroxylation sites is 3. The van der Waals surface area contributed by atoms with Crippen molar-refractivity contribution in [3.05, 3.63) is 351 Å².